The van der Waals surface area contributed by atoms with Crippen LogP contribution < -0.4 is 11.1 Å². The molecule has 0 heterocycles. The molecular formula is C13H20FN3O2. The summed E-state index contributed by atoms with van der Waals surface area (Å²) in [5, 5.41) is 12.0. The molecule has 1 rings (SSSR count). The molecule has 1 aromatic carbocycles. The van der Waals surface area contributed by atoms with Crippen molar-refractivity contribution in [3.63, 3.8) is 0 Å². The summed E-state index contributed by atoms with van der Waals surface area (Å²) in [5.41, 5.74) is 5.24. The smallest absolute Gasteiger partial charge is 0.340 e. The molecule has 0 fully saturated rings. The van der Waals surface area contributed by atoms with Gasteiger partial charge in [-0.25, -0.2) is 9.18 Å². The third-order valence-corrected chi connectivity index (χ3v) is 3.07. The van der Waals surface area contributed by atoms with Crippen LogP contribution in [0.15, 0.2) is 12.1 Å². The molecule has 4 N–H and O–H groups in total. The van der Waals surface area contributed by atoms with Gasteiger partial charge in [-0.1, -0.05) is 0 Å². The Morgan fingerprint density at radius 2 is 2.16 bits per heavy atom. The van der Waals surface area contributed by atoms with Gasteiger partial charge >= 0.3 is 5.97 Å². The number of nitrogen functional groups attached to an aromatic ring is 1. The summed E-state index contributed by atoms with van der Waals surface area (Å²) in [4.78, 5) is 13.2. The summed E-state index contributed by atoms with van der Waals surface area (Å²) in [7, 11) is 1.98. The van der Waals surface area contributed by atoms with Gasteiger partial charge in [-0.05, 0) is 33.0 Å². The van der Waals surface area contributed by atoms with E-state index in [1.807, 2.05) is 7.05 Å². The minimum atomic E-state index is -1.24. The zero-order chi connectivity index (χ0) is 14.6. The molecule has 1 aromatic rings. The van der Waals surface area contributed by atoms with Gasteiger partial charge in [0.25, 0.3) is 0 Å². The maximum atomic E-state index is 13.3. The normalized spacial score (nSPS) is 11.1. The van der Waals surface area contributed by atoms with Crippen LogP contribution in [0.25, 0.3) is 0 Å². The van der Waals surface area contributed by atoms with E-state index in [1.165, 1.54) is 6.07 Å². The number of carboxylic acid groups (broad SMARTS) is 1. The maximum absolute atomic E-state index is 13.3. The molecule has 0 aliphatic carbocycles. The van der Waals surface area contributed by atoms with Gasteiger partial charge < -0.3 is 21.1 Å². The Labute approximate surface area is 112 Å². The fraction of sp³-hybridized carbons (Fsp3) is 0.462. The van der Waals surface area contributed by atoms with E-state index in [4.69, 9.17) is 10.8 Å². The number of nitrogens with zero attached hydrogens (tertiary/aromatic N) is 1. The molecule has 0 unspecified atom stereocenters. The molecule has 0 radical (unpaired) electrons. The Kier molecular flexibility index (Phi) is 5.11. The first-order chi connectivity index (χ1) is 8.84. The maximum Gasteiger partial charge on any atom is 0.340 e. The van der Waals surface area contributed by atoms with Gasteiger partial charge in [0.05, 0.1) is 11.4 Å². The highest BCUT2D eigenvalue weighted by molar-refractivity contribution is 6.00. The third-order valence-electron chi connectivity index (χ3n) is 3.07. The fourth-order valence-electron chi connectivity index (χ4n) is 1.60. The standard InChI is InChI=1S/C13H20FN3O2/c1-8(2)17(3)7-6-16-10-5-4-9(14)12(15)11(10)13(18)19/h4-5,8,16H,6-7,15H2,1-3H3,(H,18,19). The molecule has 6 heteroatoms. The molecule has 0 spiro atoms. The predicted octanol–water partition coefficient (Wildman–Crippen LogP) is 1.86. The number of nitrogens with one attached hydrogen (secondary N) is 1. The van der Waals surface area contributed by atoms with Crippen molar-refractivity contribution in [1.82, 2.24) is 4.90 Å². The first-order valence-corrected chi connectivity index (χ1v) is 6.10. The van der Waals surface area contributed by atoms with Crippen molar-refractivity contribution in [2.24, 2.45) is 0 Å². The van der Waals surface area contributed by atoms with Gasteiger partial charge in [0, 0.05) is 19.1 Å². The Morgan fingerprint density at radius 3 is 2.68 bits per heavy atom. The summed E-state index contributed by atoms with van der Waals surface area (Å²) in [6.45, 7) is 5.44. The van der Waals surface area contributed by atoms with Gasteiger partial charge in [0.15, 0.2) is 0 Å². The quantitative estimate of drug-likeness (QED) is 0.687. The summed E-state index contributed by atoms with van der Waals surface area (Å²) in [6, 6.07) is 2.96. The molecule has 5 nitrogen and oxygen atoms in total. The number of rotatable bonds is 6. The third kappa shape index (κ3) is 3.82. The molecule has 0 aliphatic heterocycles. The number of benzene rings is 1. The monoisotopic (exact) mass is 269 g/mol. The van der Waals surface area contributed by atoms with E-state index in [0.29, 0.717) is 18.3 Å². The van der Waals surface area contributed by atoms with Crippen LogP contribution in [0, 0.1) is 5.82 Å². The zero-order valence-electron chi connectivity index (χ0n) is 11.4. The van der Waals surface area contributed by atoms with Gasteiger partial charge in [0.2, 0.25) is 0 Å². The Morgan fingerprint density at radius 1 is 1.53 bits per heavy atom. The first kappa shape index (κ1) is 15.2. The summed E-state index contributed by atoms with van der Waals surface area (Å²) in [6.07, 6.45) is 0. The topological polar surface area (TPSA) is 78.6 Å². The minimum Gasteiger partial charge on any atom is -0.478 e. The lowest BCUT2D eigenvalue weighted by Gasteiger charge is -2.21. The summed E-state index contributed by atoms with van der Waals surface area (Å²) < 4.78 is 13.3. The largest absolute Gasteiger partial charge is 0.478 e. The number of carboxylic acids is 1. The second-order valence-corrected chi connectivity index (χ2v) is 4.69. The average Bonchev–Trinajstić information content (AvgIpc) is 2.32. The van der Waals surface area contributed by atoms with Crippen LogP contribution in [0.3, 0.4) is 0 Å². The molecule has 0 saturated heterocycles. The highest BCUT2D eigenvalue weighted by Crippen LogP contribution is 2.24. The van der Waals surface area contributed by atoms with Gasteiger partial charge in [-0.3, -0.25) is 0 Å². The molecular weight excluding hydrogens is 249 g/mol. The second kappa shape index (κ2) is 6.38. The van der Waals surface area contributed by atoms with Gasteiger partial charge in [0.1, 0.15) is 11.4 Å². The van der Waals surface area contributed by atoms with E-state index in [1.54, 1.807) is 0 Å². The summed E-state index contributed by atoms with van der Waals surface area (Å²) in [5.74, 6) is -1.96. The fourth-order valence-corrected chi connectivity index (χ4v) is 1.60. The lowest BCUT2D eigenvalue weighted by atomic mass is 10.1. The Bertz CT molecular complexity index is 463. The molecule has 0 aliphatic rings. The van der Waals surface area contributed by atoms with Gasteiger partial charge in [-0.2, -0.15) is 0 Å². The number of carbonyl (C=O) groups is 1. The van der Waals surface area contributed by atoms with Crippen molar-refractivity contribution in [2.45, 2.75) is 19.9 Å². The average molecular weight is 269 g/mol. The van der Waals surface area contributed by atoms with Crippen molar-refractivity contribution >= 4 is 17.3 Å². The van der Waals surface area contributed by atoms with E-state index >= 15 is 0 Å². The van der Waals surface area contributed by atoms with Crippen molar-refractivity contribution < 1.29 is 14.3 Å². The van der Waals surface area contributed by atoms with Crippen LogP contribution in [-0.2, 0) is 0 Å². The number of halogens is 1. The molecule has 0 bridgehead atoms. The number of hydrogen-bond donors (Lipinski definition) is 3. The van der Waals surface area contributed by atoms with Crippen LogP contribution in [0.2, 0.25) is 0 Å². The van der Waals surface area contributed by atoms with Crippen LogP contribution in [0.4, 0.5) is 15.8 Å². The van der Waals surface area contributed by atoms with Crippen LogP contribution in [0.5, 0.6) is 0 Å². The van der Waals surface area contributed by atoms with Crippen molar-refractivity contribution in [1.29, 1.82) is 0 Å². The number of nitrogens with two attached hydrogens (primary N) is 1. The van der Waals surface area contributed by atoms with E-state index in [0.717, 1.165) is 12.6 Å². The molecule has 0 aromatic heterocycles. The zero-order valence-corrected chi connectivity index (χ0v) is 11.4. The van der Waals surface area contributed by atoms with Crippen molar-refractivity contribution in [3.05, 3.63) is 23.5 Å². The lowest BCUT2D eigenvalue weighted by Crippen LogP contribution is -2.31. The minimum absolute atomic E-state index is 0.216. The SMILES string of the molecule is CC(C)N(C)CCNc1ccc(F)c(N)c1C(=O)O. The van der Waals surface area contributed by atoms with Crippen LogP contribution >= 0.6 is 0 Å². The Balaban J connectivity index is 2.79. The highest BCUT2D eigenvalue weighted by atomic mass is 19.1. The molecule has 0 saturated carbocycles. The summed E-state index contributed by atoms with van der Waals surface area (Å²) >= 11 is 0. The van der Waals surface area contributed by atoms with E-state index in [-0.39, 0.29) is 11.3 Å². The van der Waals surface area contributed by atoms with E-state index < -0.39 is 11.8 Å². The van der Waals surface area contributed by atoms with Crippen molar-refractivity contribution in [2.75, 3.05) is 31.2 Å². The number of likely N-dealkylation sites (N-methyl/N-ethyl adjacent to an activating group) is 1. The van der Waals surface area contributed by atoms with E-state index in [9.17, 15) is 9.18 Å². The first-order valence-electron chi connectivity index (χ1n) is 6.10. The highest BCUT2D eigenvalue weighted by Gasteiger charge is 2.17. The molecule has 0 amide bonds. The van der Waals surface area contributed by atoms with Crippen LogP contribution in [0.1, 0.15) is 24.2 Å². The Hall–Kier alpha value is -1.82. The number of hydrogen-bond acceptors (Lipinski definition) is 4. The number of aromatic carboxylic acids is 1. The predicted molar refractivity (Wildman–Crippen MR) is 74.0 cm³/mol. The van der Waals surface area contributed by atoms with E-state index in [2.05, 4.69) is 24.1 Å². The molecule has 106 valence electrons. The second-order valence-electron chi connectivity index (χ2n) is 4.69. The van der Waals surface area contributed by atoms with Crippen molar-refractivity contribution in [3.8, 4) is 0 Å². The van der Waals surface area contributed by atoms with Gasteiger partial charge in [-0.15, -0.1) is 0 Å². The lowest BCUT2D eigenvalue weighted by molar-refractivity contribution is 0.0698. The molecule has 0 atom stereocenters. The van der Waals surface area contributed by atoms with Crippen LogP contribution in [-0.4, -0.2) is 42.2 Å². The molecule has 19 heavy (non-hydrogen) atoms. The number of anilines is 2.